The number of carbonyl (C=O) groups is 2. The van der Waals surface area contributed by atoms with Gasteiger partial charge in [0.25, 0.3) is 0 Å². The van der Waals surface area contributed by atoms with Crippen LogP contribution >= 0.6 is 7.82 Å². The number of phosphoric ester groups is 1. The summed E-state index contributed by atoms with van der Waals surface area (Å²) < 4.78 is 25.9. The summed E-state index contributed by atoms with van der Waals surface area (Å²) in [7, 11) is -4.75. The third-order valence-corrected chi connectivity index (χ3v) is 6.11. The van der Waals surface area contributed by atoms with E-state index in [2.05, 4.69) is 54.8 Å². The van der Waals surface area contributed by atoms with E-state index in [0.29, 0.717) is 12.8 Å². The maximum atomic E-state index is 12.2. The quantitative estimate of drug-likeness (QED) is 0.0497. The molecule has 224 valence electrons. The molecule has 1 atom stereocenters. The predicted octanol–water partition coefficient (Wildman–Crippen LogP) is 7.67. The van der Waals surface area contributed by atoms with Crippen LogP contribution in [0.1, 0.15) is 110 Å². The molecular formula is C30H51O8P. The van der Waals surface area contributed by atoms with Crippen LogP contribution in [0.4, 0.5) is 0 Å². The van der Waals surface area contributed by atoms with Gasteiger partial charge in [-0.05, 0) is 38.5 Å². The molecule has 9 heteroatoms. The number of allylic oxidation sites excluding steroid dienone is 8. The van der Waals surface area contributed by atoms with Crippen molar-refractivity contribution in [1.29, 1.82) is 0 Å². The number of hydrogen-bond donors (Lipinski definition) is 2. The molecule has 0 heterocycles. The third-order valence-electron chi connectivity index (χ3n) is 5.63. The Morgan fingerprint density at radius 3 is 1.79 bits per heavy atom. The van der Waals surface area contributed by atoms with Gasteiger partial charge < -0.3 is 19.3 Å². The second kappa shape index (κ2) is 26.2. The fourth-order valence-corrected chi connectivity index (χ4v) is 3.86. The first kappa shape index (κ1) is 37.0. The van der Waals surface area contributed by atoms with E-state index in [1.165, 1.54) is 25.7 Å². The summed E-state index contributed by atoms with van der Waals surface area (Å²) in [6, 6.07) is 0. The molecule has 0 saturated carbocycles. The molecule has 0 rings (SSSR count). The summed E-state index contributed by atoms with van der Waals surface area (Å²) in [4.78, 5) is 42.2. The van der Waals surface area contributed by atoms with E-state index in [1.54, 1.807) is 0 Å². The van der Waals surface area contributed by atoms with Crippen LogP contribution < -0.4 is 0 Å². The van der Waals surface area contributed by atoms with Crippen molar-refractivity contribution in [3.05, 3.63) is 48.6 Å². The number of rotatable bonds is 25. The summed E-state index contributed by atoms with van der Waals surface area (Å²) in [6.07, 6.45) is 28.7. The van der Waals surface area contributed by atoms with Gasteiger partial charge in [-0.25, -0.2) is 4.57 Å². The first-order valence-electron chi connectivity index (χ1n) is 14.4. The van der Waals surface area contributed by atoms with Crippen LogP contribution in [-0.2, 0) is 28.2 Å². The van der Waals surface area contributed by atoms with E-state index in [9.17, 15) is 14.2 Å². The fraction of sp³-hybridized carbons (Fsp3) is 0.667. The highest BCUT2D eigenvalue weighted by molar-refractivity contribution is 7.46. The zero-order chi connectivity index (χ0) is 29.0. The van der Waals surface area contributed by atoms with Gasteiger partial charge in [-0.1, -0.05) is 107 Å². The number of phosphoric acid groups is 1. The van der Waals surface area contributed by atoms with Crippen LogP contribution in [0.3, 0.4) is 0 Å². The topological polar surface area (TPSA) is 119 Å². The molecule has 2 N–H and O–H groups in total. The number of unbranched alkanes of at least 4 members (excludes halogenated alkanes) is 7. The van der Waals surface area contributed by atoms with Gasteiger partial charge in [0.2, 0.25) is 0 Å². The average Bonchev–Trinajstić information content (AvgIpc) is 2.89. The molecule has 0 spiro atoms. The molecule has 0 aromatic carbocycles. The maximum absolute atomic E-state index is 12.2. The number of ether oxygens (including phenoxy) is 2. The molecular weight excluding hydrogens is 519 g/mol. The van der Waals surface area contributed by atoms with E-state index in [0.717, 1.165) is 44.9 Å². The summed E-state index contributed by atoms with van der Waals surface area (Å²) in [5.41, 5.74) is 0. The minimum absolute atomic E-state index is 0.0901. The molecule has 0 saturated heterocycles. The molecule has 0 amide bonds. The lowest BCUT2D eigenvalue weighted by Gasteiger charge is -2.18. The fourth-order valence-electron chi connectivity index (χ4n) is 3.50. The van der Waals surface area contributed by atoms with Crippen molar-refractivity contribution in [2.24, 2.45) is 0 Å². The standard InChI is InChI=1S/C30H51O8P/c1-3-5-7-9-11-13-14-15-16-17-19-21-23-25-30(32)38-28(27-37-39(33,34)35)26-36-29(31)24-22-20-18-12-10-8-6-4-2/h5,7,11,13,15-16,19,21,28H,3-4,6,8-10,12,14,17-18,20,22-27H2,1-2H3,(H2,33,34,35)/b7-5-,13-11-,16-15-,21-19-. The SMILES string of the molecule is CC/C=C\C/C=C\C/C=C\C/C=C\CCC(=O)OC(COC(=O)CCCCCCCCCC)COP(=O)(O)O. The van der Waals surface area contributed by atoms with Crippen LogP contribution in [0.5, 0.6) is 0 Å². The minimum atomic E-state index is -4.75. The molecule has 1 unspecified atom stereocenters. The zero-order valence-corrected chi connectivity index (χ0v) is 24.9. The van der Waals surface area contributed by atoms with E-state index in [-0.39, 0.29) is 19.4 Å². The zero-order valence-electron chi connectivity index (χ0n) is 24.0. The van der Waals surface area contributed by atoms with Crippen LogP contribution in [-0.4, -0.2) is 41.0 Å². The largest absolute Gasteiger partial charge is 0.469 e. The summed E-state index contributed by atoms with van der Waals surface area (Å²) in [5.74, 6) is -0.992. The highest BCUT2D eigenvalue weighted by Gasteiger charge is 2.22. The normalized spacial score (nSPS) is 13.2. The van der Waals surface area contributed by atoms with E-state index in [1.807, 2.05) is 12.2 Å². The van der Waals surface area contributed by atoms with Gasteiger partial charge in [-0.3, -0.25) is 14.1 Å². The van der Waals surface area contributed by atoms with E-state index < -0.39 is 32.5 Å². The lowest BCUT2D eigenvalue weighted by atomic mass is 10.1. The Kier molecular flexibility index (Phi) is 24.9. The van der Waals surface area contributed by atoms with Crippen molar-refractivity contribution in [3.8, 4) is 0 Å². The Balaban J connectivity index is 4.24. The summed E-state index contributed by atoms with van der Waals surface area (Å²) in [6.45, 7) is 3.42. The van der Waals surface area contributed by atoms with Crippen LogP contribution in [0.2, 0.25) is 0 Å². The number of hydrogen-bond acceptors (Lipinski definition) is 6. The van der Waals surface area contributed by atoms with Gasteiger partial charge in [0.05, 0.1) is 6.61 Å². The Morgan fingerprint density at radius 2 is 1.23 bits per heavy atom. The van der Waals surface area contributed by atoms with Crippen LogP contribution in [0, 0.1) is 0 Å². The highest BCUT2D eigenvalue weighted by Crippen LogP contribution is 2.35. The molecule has 39 heavy (non-hydrogen) atoms. The molecule has 0 bridgehead atoms. The lowest BCUT2D eigenvalue weighted by molar-refractivity contribution is -0.161. The Hall–Kier alpha value is -1.99. The van der Waals surface area contributed by atoms with Crippen molar-refractivity contribution in [1.82, 2.24) is 0 Å². The van der Waals surface area contributed by atoms with Gasteiger partial charge in [0, 0.05) is 12.8 Å². The predicted molar refractivity (Wildman–Crippen MR) is 156 cm³/mol. The summed E-state index contributed by atoms with van der Waals surface area (Å²) >= 11 is 0. The van der Waals surface area contributed by atoms with Crippen molar-refractivity contribution in [2.75, 3.05) is 13.2 Å². The van der Waals surface area contributed by atoms with Gasteiger partial charge in [0.1, 0.15) is 6.61 Å². The van der Waals surface area contributed by atoms with Crippen LogP contribution in [0.25, 0.3) is 0 Å². The van der Waals surface area contributed by atoms with E-state index >= 15 is 0 Å². The van der Waals surface area contributed by atoms with Gasteiger partial charge in [0.15, 0.2) is 6.10 Å². The average molecular weight is 571 g/mol. The van der Waals surface area contributed by atoms with Gasteiger partial charge in [-0.2, -0.15) is 0 Å². The van der Waals surface area contributed by atoms with Crippen LogP contribution in [0.15, 0.2) is 48.6 Å². The summed E-state index contributed by atoms with van der Waals surface area (Å²) in [5, 5.41) is 0. The second-order valence-corrected chi connectivity index (χ2v) is 10.6. The molecule has 0 fully saturated rings. The second-order valence-electron chi connectivity index (χ2n) is 9.35. The maximum Gasteiger partial charge on any atom is 0.469 e. The molecule has 0 radical (unpaired) electrons. The Morgan fingerprint density at radius 1 is 0.692 bits per heavy atom. The van der Waals surface area contributed by atoms with Crippen molar-refractivity contribution < 1.29 is 37.9 Å². The lowest BCUT2D eigenvalue weighted by Crippen LogP contribution is -2.29. The highest BCUT2D eigenvalue weighted by atomic mass is 31.2. The minimum Gasteiger partial charge on any atom is -0.462 e. The molecule has 0 aromatic rings. The molecule has 0 aromatic heterocycles. The number of carbonyl (C=O) groups excluding carboxylic acids is 2. The van der Waals surface area contributed by atoms with E-state index in [4.69, 9.17) is 19.3 Å². The van der Waals surface area contributed by atoms with Crippen molar-refractivity contribution in [2.45, 2.75) is 116 Å². The monoisotopic (exact) mass is 570 g/mol. The van der Waals surface area contributed by atoms with Crippen molar-refractivity contribution >= 4 is 19.8 Å². The van der Waals surface area contributed by atoms with Gasteiger partial charge in [-0.15, -0.1) is 0 Å². The smallest absolute Gasteiger partial charge is 0.462 e. The molecule has 0 aliphatic carbocycles. The molecule has 0 aliphatic rings. The third kappa shape index (κ3) is 28.8. The first-order chi connectivity index (χ1) is 18.8. The van der Waals surface area contributed by atoms with Gasteiger partial charge >= 0.3 is 19.8 Å². The molecule has 8 nitrogen and oxygen atoms in total. The number of esters is 2. The Labute approximate surface area is 235 Å². The molecule has 0 aliphatic heterocycles. The first-order valence-corrected chi connectivity index (χ1v) is 16.0. The Bertz CT molecular complexity index is 782. The van der Waals surface area contributed by atoms with Crippen molar-refractivity contribution in [3.63, 3.8) is 0 Å².